The van der Waals surface area contributed by atoms with Crippen LogP contribution in [0.5, 0.6) is 0 Å². The third-order valence-corrected chi connectivity index (χ3v) is 4.93. The summed E-state index contributed by atoms with van der Waals surface area (Å²) in [5.41, 5.74) is 2.19. The molecule has 0 amide bonds. The van der Waals surface area contributed by atoms with Crippen LogP contribution < -0.4 is 0 Å². The number of thioether (sulfide) groups is 1. The molecule has 3 heteroatoms. The van der Waals surface area contributed by atoms with Crippen molar-refractivity contribution in [2.24, 2.45) is 5.92 Å². The number of Topliss-reactive ketones (excluding diaryl/α,β-unsaturated/α-hetero) is 2. The van der Waals surface area contributed by atoms with E-state index in [-0.39, 0.29) is 16.8 Å². The SMILES string of the molecule is CC(=O)C(C(C)=O)[C@H](Sc1ccc(C)cc1)c1ccccc1. The van der Waals surface area contributed by atoms with Crippen LogP contribution in [-0.2, 0) is 9.59 Å². The molecule has 2 aromatic rings. The van der Waals surface area contributed by atoms with Gasteiger partial charge in [0.05, 0.1) is 11.2 Å². The van der Waals surface area contributed by atoms with E-state index in [2.05, 4.69) is 0 Å². The lowest BCUT2D eigenvalue weighted by Gasteiger charge is -2.23. The minimum atomic E-state index is -0.617. The van der Waals surface area contributed by atoms with Crippen LogP contribution in [0, 0.1) is 12.8 Å². The molecule has 0 aromatic heterocycles. The van der Waals surface area contributed by atoms with Gasteiger partial charge in [0.25, 0.3) is 0 Å². The Bertz CT molecular complexity index is 633. The molecule has 0 unspecified atom stereocenters. The van der Waals surface area contributed by atoms with Gasteiger partial charge in [0.15, 0.2) is 0 Å². The fourth-order valence-electron chi connectivity index (χ4n) is 2.45. The number of hydrogen-bond donors (Lipinski definition) is 0. The van der Waals surface area contributed by atoms with Gasteiger partial charge in [-0.3, -0.25) is 9.59 Å². The molecular weight excluding hydrogens is 292 g/mol. The molecular formula is C19H20O2S. The van der Waals surface area contributed by atoms with Crippen molar-refractivity contribution in [1.82, 2.24) is 0 Å². The highest BCUT2D eigenvalue weighted by Crippen LogP contribution is 2.41. The van der Waals surface area contributed by atoms with E-state index in [4.69, 9.17) is 0 Å². The predicted molar refractivity (Wildman–Crippen MR) is 91.1 cm³/mol. The Balaban J connectivity index is 2.39. The molecule has 1 atom stereocenters. The van der Waals surface area contributed by atoms with E-state index < -0.39 is 5.92 Å². The summed E-state index contributed by atoms with van der Waals surface area (Å²) in [6, 6.07) is 17.9. The van der Waals surface area contributed by atoms with Crippen molar-refractivity contribution >= 4 is 23.3 Å². The van der Waals surface area contributed by atoms with Crippen LogP contribution >= 0.6 is 11.8 Å². The van der Waals surface area contributed by atoms with Crippen LogP contribution in [0.15, 0.2) is 59.5 Å². The number of aryl methyl sites for hydroxylation is 1. The highest BCUT2D eigenvalue weighted by atomic mass is 32.2. The smallest absolute Gasteiger partial charge is 0.141 e. The lowest BCUT2D eigenvalue weighted by Crippen LogP contribution is -2.25. The van der Waals surface area contributed by atoms with E-state index in [1.165, 1.54) is 19.4 Å². The van der Waals surface area contributed by atoms with E-state index in [9.17, 15) is 9.59 Å². The zero-order valence-corrected chi connectivity index (χ0v) is 13.9. The quantitative estimate of drug-likeness (QED) is 0.576. The molecule has 0 radical (unpaired) electrons. The summed E-state index contributed by atoms with van der Waals surface area (Å²) in [6.07, 6.45) is 0. The monoisotopic (exact) mass is 312 g/mol. The van der Waals surface area contributed by atoms with Gasteiger partial charge >= 0.3 is 0 Å². The Morgan fingerprint density at radius 1 is 0.864 bits per heavy atom. The maximum absolute atomic E-state index is 12.0. The Labute approximate surface area is 135 Å². The Hall–Kier alpha value is -1.87. The average molecular weight is 312 g/mol. The van der Waals surface area contributed by atoms with Crippen molar-refractivity contribution in [2.75, 3.05) is 0 Å². The minimum Gasteiger partial charge on any atom is -0.299 e. The van der Waals surface area contributed by atoms with Crippen LogP contribution in [0.1, 0.15) is 30.2 Å². The summed E-state index contributed by atoms with van der Waals surface area (Å²) in [5, 5.41) is -0.195. The summed E-state index contributed by atoms with van der Waals surface area (Å²) >= 11 is 1.57. The van der Waals surface area contributed by atoms with Crippen molar-refractivity contribution in [3.8, 4) is 0 Å². The second-order valence-electron chi connectivity index (χ2n) is 5.46. The molecule has 0 heterocycles. The molecule has 2 nitrogen and oxygen atoms in total. The van der Waals surface area contributed by atoms with Gasteiger partial charge in [-0.25, -0.2) is 0 Å². The number of ketones is 2. The number of carbonyl (C=O) groups excluding carboxylic acids is 2. The predicted octanol–water partition coefficient (Wildman–Crippen LogP) is 4.62. The fraction of sp³-hybridized carbons (Fsp3) is 0.263. The Morgan fingerprint density at radius 2 is 1.41 bits per heavy atom. The number of hydrogen-bond acceptors (Lipinski definition) is 3. The van der Waals surface area contributed by atoms with Crippen molar-refractivity contribution in [2.45, 2.75) is 30.9 Å². The van der Waals surface area contributed by atoms with E-state index in [0.29, 0.717) is 0 Å². The molecule has 0 saturated heterocycles. The van der Waals surface area contributed by atoms with Gasteiger partial charge in [0.2, 0.25) is 0 Å². The summed E-state index contributed by atoms with van der Waals surface area (Å²) in [6.45, 7) is 5.03. The molecule has 0 aliphatic carbocycles. The van der Waals surface area contributed by atoms with Gasteiger partial charge in [-0.05, 0) is 38.5 Å². The van der Waals surface area contributed by atoms with Crippen molar-refractivity contribution in [3.05, 3.63) is 65.7 Å². The Kier molecular flexibility index (Phi) is 5.56. The molecule has 2 rings (SSSR count). The van der Waals surface area contributed by atoms with Crippen molar-refractivity contribution in [3.63, 3.8) is 0 Å². The molecule has 0 spiro atoms. The van der Waals surface area contributed by atoms with E-state index in [1.807, 2.05) is 61.5 Å². The average Bonchev–Trinajstić information content (AvgIpc) is 2.49. The topological polar surface area (TPSA) is 34.1 Å². The summed E-state index contributed by atoms with van der Waals surface area (Å²) in [7, 11) is 0. The minimum absolute atomic E-state index is 0.0824. The summed E-state index contributed by atoms with van der Waals surface area (Å²) in [5.74, 6) is -0.782. The normalized spacial score (nSPS) is 12.2. The lowest BCUT2D eigenvalue weighted by molar-refractivity contribution is -0.130. The molecule has 0 N–H and O–H groups in total. The molecule has 0 fully saturated rings. The zero-order chi connectivity index (χ0) is 16.1. The third kappa shape index (κ3) is 4.08. The van der Waals surface area contributed by atoms with Crippen LogP contribution in [-0.4, -0.2) is 11.6 Å². The summed E-state index contributed by atoms with van der Waals surface area (Å²) < 4.78 is 0. The largest absolute Gasteiger partial charge is 0.299 e. The molecule has 0 bridgehead atoms. The first kappa shape index (κ1) is 16.5. The third-order valence-electron chi connectivity index (χ3n) is 3.59. The standard InChI is InChI=1S/C19H20O2S/c1-13-9-11-17(12-10-13)22-19(16-7-5-4-6-8-16)18(14(2)20)15(3)21/h4-12,18-19H,1-3H3/t19-/m1/s1. The van der Waals surface area contributed by atoms with E-state index in [0.717, 1.165) is 10.5 Å². The lowest BCUT2D eigenvalue weighted by atomic mass is 9.92. The number of rotatable bonds is 6. The number of carbonyl (C=O) groups is 2. The fourth-order valence-corrected chi connectivity index (χ4v) is 3.85. The highest BCUT2D eigenvalue weighted by molar-refractivity contribution is 7.99. The maximum Gasteiger partial charge on any atom is 0.141 e. The van der Waals surface area contributed by atoms with Crippen molar-refractivity contribution in [1.29, 1.82) is 0 Å². The van der Waals surface area contributed by atoms with Crippen molar-refractivity contribution < 1.29 is 9.59 Å². The van der Waals surface area contributed by atoms with Crippen LogP contribution in [0.3, 0.4) is 0 Å². The van der Waals surface area contributed by atoms with Crippen LogP contribution in [0.2, 0.25) is 0 Å². The maximum atomic E-state index is 12.0. The molecule has 22 heavy (non-hydrogen) atoms. The van der Waals surface area contributed by atoms with Gasteiger partial charge in [-0.1, -0.05) is 48.0 Å². The second kappa shape index (κ2) is 7.41. The van der Waals surface area contributed by atoms with Gasteiger partial charge in [0, 0.05) is 4.90 Å². The van der Waals surface area contributed by atoms with E-state index in [1.54, 1.807) is 11.8 Å². The van der Waals surface area contributed by atoms with Crippen LogP contribution in [0.25, 0.3) is 0 Å². The molecule has 114 valence electrons. The Morgan fingerprint density at radius 3 is 1.91 bits per heavy atom. The molecule has 0 saturated carbocycles. The van der Waals surface area contributed by atoms with Gasteiger partial charge < -0.3 is 0 Å². The molecule has 2 aromatic carbocycles. The van der Waals surface area contributed by atoms with Gasteiger partial charge in [-0.15, -0.1) is 11.8 Å². The summed E-state index contributed by atoms with van der Waals surface area (Å²) in [4.78, 5) is 25.1. The first-order chi connectivity index (χ1) is 10.5. The molecule has 0 aliphatic rings. The highest BCUT2D eigenvalue weighted by Gasteiger charge is 2.31. The zero-order valence-electron chi connectivity index (χ0n) is 13.1. The number of benzene rings is 2. The van der Waals surface area contributed by atoms with E-state index >= 15 is 0 Å². The van der Waals surface area contributed by atoms with Gasteiger partial charge in [-0.2, -0.15) is 0 Å². The van der Waals surface area contributed by atoms with Gasteiger partial charge in [0.1, 0.15) is 11.6 Å². The molecule has 0 aliphatic heterocycles. The first-order valence-electron chi connectivity index (χ1n) is 7.28. The first-order valence-corrected chi connectivity index (χ1v) is 8.16. The second-order valence-corrected chi connectivity index (χ2v) is 6.68. The van der Waals surface area contributed by atoms with Crippen LogP contribution in [0.4, 0.5) is 0 Å².